The largest absolute Gasteiger partial charge is 0.497 e. The van der Waals surface area contributed by atoms with E-state index < -0.39 is 65.0 Å². The number of hydrogen-bond donors (Lipinski definition) is 6. The van der Waals surface area contributed by atoms with Crippen LogP contribution < -0.4 is 50.5 Å². The van der Waals surface area contributed by atoms with Crippen molar-refractivity contribution >= 4 is 60.6 Å². The van der Waals surface area contributed by atoms with Gasteiger partial charge in [-0.15, -0.1) is 11.6 Å². The van der Waals surface area contributed by atoms with Gasteiger partial charge in [0.15, 0.2) is 16.6 Å². The minimum atomic E-state index is -1.76. The van der Waals surface area contributed by atoms with E-state index in [9.17, 15) is 17.7 Å². The monoisotopic (exact) mass is 1520 g/mol. The number of aliphatic hydroxyl groups is 2. The molecule has 558 valence electrons. The number of alkyl halides is 1. The first-order valence-electron chi connectivity index (χ1n) is 33.5. The van der Waals surface area contributed by atoms with Crippen molar-refractivity contribution in [3.63, 3.8) is 0 Å². The van der Waals surface area contributed by atoms with Crippen molar-refractivity contribution in [1.29, 1.82) is 0 Å². The van der Waals surface area contributed by atoms with E-state index in [1.165, 1.54) is 0 Å². The molecule has 103 heavy (non-hydrogen) atoms. The maximum absolute atomic E-state index is 12.0. The minimum Gasteiger partial charge on any atom is -0.497 e. The summed E-state index contributed by atoms with van der Waals surface area (Å²) < 4.78 is 79.2. The van der Waals surface area contributed by atoms with E-state index in [2.05, 4.69) is 74.2 Å². The number of nitrogens with two attached hydrogens (primary N) is 2. The number of ether oxygens (including phenoxy) is 6. The summed E-state index contributed by atoms with van der Waals surface area (Å²) in [5.74, 6) is 4.61. The lowest BCUT2D eigenvalue weighted by Crippen LogP contribution is -2.47. The van der Waals surface area contributed by atoms with Crippen molar-refractivity contribution < 1.29 is 60.1 Å². The first-order valence-corrected chi connectivity index (χ1v) is 45.4. The summed E-state index contributed by atoms with van der Waals surface area (Å²) in [5.41, 5.74) is 17.1. The van der Waals surface area contributed by atoms with Gasteiger partial charge in [0.25, 0.3) is 0 Å². The van der Waals surface area contributed by atoms with Crippen molar-refractivity contribution in [2.75, 3.05) is 101 Å². The van der Waals surface area contributed by atoms with Crippen LogP contribution in [0.1, 0.15) is 63.9 Å². The topological polar surface area (TPSA) is 242 Å². The van der Waals surface area contributed by atoms with Crippen LogP contribution in [0.2, 0.25) is 39.3 Å². The molecule has 0 fully saturated rings. The van der Waals surface area contributed by atoms with Gasteiger partial charge < -0.3 is 59.0 Å². The smallest absolute Gasteiger partial charge is 0.185 e. The first-order chi connectivity index (χ1) is 49.2. The predicted octanol–water partition coefficient (Wildman–Crippen LogP) is 14.1. The van der Waals surface area contributed by atoms with Crippen LogP contribution in [-0.4, -0.2) is 141 Å². The number of methoxy groups -OCH3 is 6. The van der Waals surface area contributed by atoms with Crippen molar-refractivity contribution in [3.05, 3.63) is 268 Å². The molecule has 8 N–H and O–H groups in total. The van der Waals surface area contributed by atoms with Crippen LogP contribution in [0.3, 0.4) is 0 Å². The van der Waals surface area contributed by atoms with Crippen LogP contribution in [0.5, 0.6) is 34.5 Å². The summed E-state index contributed by atoms with van der Waals surface area (Å²) in [6.45, 7) is 19.0. The van der Waals surface area contributed by atoms with Gasteiger partial charge in [0, 0.05) is 85.5 Å². The highest BCUT2D eigenvalue weighted by molar-refractivity contribution is 7.84. The molecule has 0 heterocycles. The summed E-state index contributed by atoms with van der Waals surface area (Å²) in [6.07, 6.45) is 5.01. The van der Waals surface area contributed by atoms with E-state index >= 15 is 0 Å². The van der Waals surface area contributed by atoms with Crippen molar-refractivity contribution in [3.8, 4) is 34.5 Å². The Morgan fingerprint density at radius 1 is 0.359 bits per heavy atom. The highest BCUT2D eigenvalue weighted by Crippen LogP contribution is 2.45. The van der Waals surface area contributed by atoms with Crippen LogP contribution >= 0.6 is 11.6 Å². The summed E-state index contributed by atoms with van der Waals surface area (Å²) in [4.78, 5) is 1.40. The molecule has 0 bridgehead atoms. The van der Waals surface area contributed by atoms with E-state index in [1.807, 2.05) is 208 Å². The highest BCUT2D eigenvalue weighted by atomic mass is 35.5. The molecule has 0 aliphatic carbocycles. The Labute approximate surface area is 626 Å². The highest BCUT2D eigenvalue weighted by Gasteiger charge is 2.39. The maximum Gasteiger partial charge on any atom is 0.185 e. The Hall–Kier alpha value is -7.37. The molecule has 0 aliphatic rings. The number of hydrogen-bond acceptors (Lipinski definition) is 17. The van der Waals surface area contributed by atoms with E-state index in [0.29, 0.717) is 19.8 Å². The second-order valence-electron chi connectivity index (χ2n) is 24.6. The van der Waals surface area contributed by atoms with Crippen molar-refractivity contribution in [2.45, 2.75) is 83.8 Å². The van der Waals surface area contributed by atoms with Gasteiger partial charge in [-0.3, -0.25) is 23.3 Å². The fraction of sp³-hybridized carbons (Fsp3) is 0.325. The molecule has 17 nitrogen and oxygen atoms in total. The average Bonchev–Trinajstić information content (AvgIpc) is 0.766. The molecule has 0 radical (unpaired) electrons. The molecule has 0 aromatic heterocycles. The summed E-state index contributed by atoms with van der Waals surface area (Å²) in [6, 6.07) is 70.0. The molecule has 0 spiro atoms. The van der Waals surface area contributed by atoms with Gasteiger partial charge in [0.05, 0.1) is 73.8 Å². The average molecular weight is 1520 g/mol. The van der Waals surface area contributed by atoms with Crippen LogP contribution in [0, 0.1) is 0 Å². The van der Waals surface area contributed by atoms with E-state index in [0.717, 1.165) is 106 Å². The predicted molar refractivity (Wildman–Crippen MR) is 428 cm³/mol. The minimum absolute atomic E-state index is 0.0972. The maximum atomic E-state index is 12.0. The van der Waals surface area contributed by atoms with Crippen LogP contribution in [-0.2, 0) is 57.2 Å². The lowest BCUT2D eigenvalue weighted by Gasteiger charge is -2.38. The Kier molecular flexibility index (Phi) is 37.4. The first kappa shape index (κ1) is 88.0. The van der Waals surface area contributed by atoms with Gasteiger partial charge in [-0.1, -0.05) is 123 Å². The second kappa shape index (κ2) is 43.8. The number of halogens is 1. The van der Waals surface area contributed by atoms with Gasteiger partial charge in [-0.2, -0.15) is 0 Å². The molecule has 0 saturated carbocycles. The third-order valence-electron chi connectivity index (χ3n) is 15.9. The number of benzene rings is 9. The third-order valence-corrected chi connectivity index (χ3v) is 21.4. The third kappa shape index (κ3) is 25.4. The second-order valence-corrected chi connectivity index (χ2v) is 38.4. The SMILES string of the molecule is CC.COc1ccc(C(Cl)(c2ccc(OC)cc2)c2ccc(S(C)=O)cc2)cc1.COc1ccc(C(NCO)(c2ccc(OC)cc2)c2ccc(S(C)=O)cc2)cc1.COc1ccc(C(NCO[Si](C)(C)C)(c2ccc(OC)cc2)c2ccc(S(C)=O)cc2)cc1.C[Si](C)(C)OCCN.NCCO. The molecule has 23 heteroatoms. The summed E-state index contributed by atoms with van der Waals surface area (Å²) in [7, 11) is 3.68. The Balaban J connectivity index is 0.000000300. The fourth-order valence-corrected chi connectivity index (χ4v) is 13.8. The quantitative estimate of drug-likeness (QED) is 0.0116. The van der Waals surface area contributed by atoms with Crippen LogP contribution in [0.25, 0.3) is 0 Å². The molecule has 0 amide bonds. The fourth-order valence-electron chi connectivity index (χ4n) is 10.6. The molecule has 0 saturated heterocycles. The number of nitrogens with one attached hydrogen (secondary N) is 2. The van der Waals surface area contributed by atoms with E-state index in [1.54, 1.807) is 61.4 Å². The summed E-state index contributed by atoms with van der Waals surface area (Å²) >= 11 is 7.28. The summed E-state index contributed by atoms with van der Waals surface area (Å²) in [5, 5.41) is 24.7. The zero-order valence-corrected chi connectivity index (χ0v) is 67.9. The molecular formula is C80H107ClN4O13S3Si2. The lowest BCUT2D eigenvalue weighted by molar-refractivity contribution is 0.226. The van der Waals surface area contributed by atoms with Gasteiger partial charge >= 0.3 is 0 Å². The molecule has 9 rings (SSSR count). The van der Waals surface area contributed by atoms with Gasteiger partial charge in [0.2, 0.25) is 0 Å². The number of aliphatic hydroxyl groups excluding tert-OH is 2. The zero-order valence-electron chi connectivity index (χ0n) is 62.7. The van der Waals surface area contributed by atoms with Gasteiger partial charge in [-0.25, -0.2) is 0 Å². The standard InChI is InChI=1S/C26H33NO4SSi.C23H25NO4S.C22H21ClO3S.C5H15NOSi.C2H7NO.C2H6/c1-29-23-13-7-20(8-14-23)26(27-19-31-33(4,5)6,21-9-15-24(30-2)16-10-21)22-11-17-25(18-12-22)32(3)28;1-27-20-10-4-17(5-11-20)23(24-16-25,18-6-12-21(28-2)13-7-18)19-8-14-22(15-9-19)29(3)26;1-25-19-10-4-16(5-11-19)22(23,17-6-12-20(26-2)13-7-17)18-8-14-21(15-9-18)27(3)24;1-8(2,3)7-5-4-6;3-1-2-4;1-2/h7-18,27H,19H2,1-6H3;4-15,24-25H,16H2,1-3H3;4-15H,1-3H3;4-6H2,1-3H3;4H,1-3H2;1-2H3. The Morgan fingerprint density at radius 3 is 0.738 bits per heavy atom. The normalized spacial score (nSPS) is 12.2. The molecule has 9 aromatic rings. The van der Waals surface area contributed by atoms with E-state index in [-0.39, 0.29) is 13.3 Å². The molecule has 3 unspecified atom stereocenters. The van der Waals surface area contributed by atoms with E-state index in [4.69, 9.17) is 65.4 Å². The molecule has 3 atom stereocenters. The van der Waals surface area contributed by atoms with Crippen molar-refractivity contribution in [1.82, 2.24) is 10.6 Å². The van der Waals surface area contributed by atoms with Crippen molar-refractivity contribution in [2.24, 2.45) is 11.5 Å². The Morgan fingerprint density at radius 2 is 0.563 bits per heavy atom. The van der Waals surface area contributed by atoms with Crippen LogP contribution in [0.4, 0.5) is 0 Å². The van der Waals surface area contributed by atoms with Gasteiger partial charge in [-0.05, 0) is 199 Å². The van der Waals surface area contributed by atoms with Gasteiger partial charge in [0.1, 0.15) is 39.4 Å². The molecule has 0 aliphatic heterocycles. The van der Waals surface area contributed by atoms with Crippen LogP contribution in [0.15, 0.2) is 233 Å². The zero-order chi connectivity index (χ0) is 76.4. The lowest BCUT2D eigenvalue weighted by atomic mass is 9.77. The molecule has 9 aromatic carbocycles. The number of rotatable bonds is 28. The molecular weight excluding hydrogens is 1410 g/mol. The Bertz CT molecular complexity index is 3810.